The van der Waals surface area contributed by atoms with Gasteiger partial charge in [-0.15, -0.1) is 0 Å². The topological polar surface area (TPSA) is 108 Å². The first kappa shape index (κ1) is 33.4. The molecule has 4 atom stereocenters. The first-order valence-electron chi connectivity index (χ1n) is 13.7. The number of ether oxygens (including phenoxy) is 8. The molecule has 242 valence electrons. The van der Waals surface area contributed by atoms with Gasteiger partial charge in [0.2, 0.25) is 0 Å². The summed E-state index contributed by atoms with van der Waals surface area (Å²) in [6, 6.07) is 15.8. The Bertz CT molecular complexity index is 1480. The number of carbonyl (C=O) groups excluding carboxylic acids is 2. The molecule has 1 saturated heterocycles. The predicted molar refractivity (Wildman–Crippen MR) is 153 cm³/mol. The number of rotatable bonds is 12. The fourth-order valence-electron chi connectivity index (χ4n) is 5.16. The lowest BCUT2D eigenvalue weighted by Gasteiger charge is -2.34. The highest BCUT2D eigenvalue weighted by Crippen LogP contribution is 2.45. The molecule has 1 fully saturated rings. The molecule has 45 heavy (non-hydrogen) atoms. The number of alkyl halides is 3. The molecule has 0 bridgehead atoms. The highest BCUT2D eigenvalue weighted by atomic mass is 19.4. The largest absolute Gasteiger partial charge is 0.493 e. The van der Waals surface area contributed by atoms with Crippen LogP contribution in [0, 0.1) is 5.92 Å². The van der Waals surface area contributed by atoms with Crippen molar-refractivity contribution in [2.24, 2.45) is 5.92 Å². The van der Waals surface area contributed by atoms with E-state index in [0.717, 1.165) is 19.2 Å². The lowest BCUT2D eigenvalue weighted by molar-refractivity contribution is -0.278. The van der Waals surface area contributed by atoms with Crippen LogP contribution in [0.2, 0.25) is 0 Å². The van der Waals surface area contributed by atoms with Crippen LogP contribution in [-0.4, -0.2) is 73.0 Å². The van der Waals surface area contributed by atoms with E-state index in [1.54, 1.807) is 18.2 Å². The molecule has 0 aromatic heterocycles. The molecule has 4 rings (SSSR count). The second-order valence-electron chi connectivity index (χ2n) is 9.89. The maximum atomic E-state index is 14.6. The van der Waals surface area contributed by atoms with Crippen LogP contribution in [-0.2, 0) is 29.3 Å². The van der Waals surface area contributed by atoms with E-state index in [9.17, 15) is 22.8 Å². The summed E-state index contributed by atoms with van der Waals surface area (Å²) in [5.41, 5.74) is -3.23. The fourth-order valence-corrected chi connectivity index (χ4v) is 5.16. The number of hydrogen-bond donors (Lipinski definition) is 0. The van der Waals surface area contributed by atoms with Gasteiger partial charge in [-0.25, -0.2) is 9.59 Å². The third-order valence-corrected chi connectivity index (χ3v) is 7.50. The van der Waals surface area contributed by atoms with Crippen molar-refractivity contribution in [3.05, 3.63) is 83.4 Å². The van der Waals surface area contributed by atoms with Gasteiger partial charge in [-0.1, -0.05) is 36.4 Å². The Labute approximate surface area is 257 Å². The lowest BCUT2D eigenvalue weighted by Crippen LogP contribution is -2.53. The summed E-state index contributed by atoms with van der Waals surface area (Å²) in [5.74, 6) is -1.92. The van der Waals surface area contributed by atoms with Gasteiger partial charge in [0.25, 0.3) is 5.60 Å². The van der Waals surface area contributed by atoms with Gasteiger partial charge in [-0.2, -0.15) is 13.2 Å². The molecule has 1 heterocycles. The zero-order chi connectivity index (χ0) is 32.8. The van der Waals surface area contributed by atoms with Crippen molar-refractivity contribution in [2.45, 2.75) is 24.0 Å². The number of benzene rings is 3. The Morgan fingerprint density at radius 1 is 0.800 bits per heavy atom. The highest BCUT2D eigenvalue weighted by molar-refractivity contribution is 5.90. The third-order valence-electron chi connectivity index (χ3n) is 7.50. The molecule has 0 N–H and O–H groups in total. The lowest BCUT2D eigenvalue weighted by atomic mass is 9.91. The molecule has 0 unspecified atom stereocenters. The van der Waals surface area contributed by atoms with E-state index >= 15 is 0 Å². The Balaban J connectivity index is 1.67. The summed E-state index contributed by atoms with van der Waals surface area (Å²) in [7, 11) is 6.54. The minimum atomic E-state index is -5.18. The molecule has 0 amide bonds. The minimum Gasteiger partial charge on any atom is -0.493 e. The molecule has 1 aliphatic rings. The number of methoxy groups -OCH3 is 5. The molecule has 10 nitrogen and oxygen atoms in total. The Hall–Kier alpha value is -4.49. The van der Waals surface area contributed by atoms with E-state index < -0.39 is 47.4 Å². The van der Waals surface area contributed by atoms with Crippen LogP contribution in [0.5, 0.6) is 23.0 Å². The predicted octanol–water partition coefficient (Wildman–Crippen LogP) is 5.28. The minimum absolute atomic E-state index is 0.127. The quantitative estimate of drug-likeness (QED) is 0.244. The molecule has 0 radical (unpaired) electrons. The highest BCUT2D eigenvalue weighted by Gasteiger charge is 2.64. The van der Waals surface area contributed by atoms with E-state index in [4.69, 9.17) is 37.9 Å². The normalized spacial score (nSPS) is 19.2. The summed E-state index contributed by atoms with van der Waals surface area (Å²) in [5, 5.41) is 0. The molecule has 0 spiro atoms. The second kappa shape index (κ2) is 14.1. The zero-order valence-corrected chi connectivity index (χ0v) is 25.2. The molecule has 1 aliphatic heterocycles. The van der Waals surface area contributed by atoms with E-state index in [0.29, 0.717) is 22.8 Å². The first-order valence-corrected chi connectivity index (χ1v) is 13.7. The van der Waals surface area contributed by atoms with Crippen molar-refractivity contribution in [3.8, 4) is 23.0 Å². The number of hydrogen-bond acceptors (Lipinski definition) is 10. The van der Waals surface area contributed by atoms with E-state index in [-0.39, 0.29) is 24.5 Å². The van der Waals surface area contributed by atoms with Crippen molar-refractivity contribution in [1.82, 2.24) is 0 Å². The molecule has 13 heteroatoms. The van der Waals surface area contributed by atoms with Crippen molar-refractivity contribution in [1.29, 1.82) is 0 Å². The fraction of sp³-hybridized carbons (Fsp3) is 0.375. The molecular formula is C32H33F3O10. The maximum Gasteiger partial charge on any atom is 0.432 e. The van der Waals surface area contributed by atoms with Crippen LogP contribution >= 0.6 is 0 Å². The Morgan fingerprint density at radius 2 is 1.40 bits per heavy atom. The molecule has 0 aliphatic carbocycles. The molecule has 3 aromatic rings. The first-order chi connectivity index (χ1) is 21.5. The summed E-state index contributed by atoms with van der Waals surface area (Å²) in [6.45, 7) is -0.683. The smallest absolute Gasteiger partial charge is 0.432 e. The van der Waals surface area contributed by atoms with Gasteiger partial charge in [0, 0.05) is 12.7 Å². The average molecular weight is 635 g/mol. The van der Waals surface area contributed by atoms with Crippen LogP contribution in [0.3, 0.4) is 0 Å². The molecule has 0 saturated carbocycles. The van der Waals surface area contributed by atoms with Crippen molar-refractivity contribution < 1.29 is 60.7 Å². The van der Waals surface area contributed by atoms with Crippen molar-refractivity contribution >= 4 is 11.9 Å². The molecule has 3 aromatic carbocycles. The van der Waals surface area contributed by atoms with Crippen LogP contribution in [0.4, 0.5) is 13.2 Å². The molecular weight excluding hydrogens is 601 g/mol. The van der Waals surface area contributed by atoms with Gasteiger partial charge in [-0.3, -0.25) is 0 Å². The van der Waals surface area contributed by atoms with E-state index in [2.05, 4.69) is 0 Å². The average Bonchev–Trinajstić information content (AvgIpc) is 3.45. The van der Waals surface area contributed by atoms with Gasteiger partial charge in [0.05, 0.1) is 52.6 Å². The number of carbonyl (C=O) groups is 2. The summed E-state index contributed by atoms with van der Waals surface area (Å²) in [6.07, 6.45) is -7.33. The van der Waals surface area contributed by atoms with Gasteiger partial charge < -0.3 is 37.9 Å². The maximum absolute atomic E-state index is 14.6. The third kappa shape index (κ3) is 6.64. The summed E-state index contributed by atoms with van der Waals surface area (Å²) < 4.78 is 86.8. The van der Waals surface area contributed by atoms with Gasteiger partial charge >= 0.3 is 18.1 Å². The van der Waals surface area contributed by atoms with Crippen LogP contribution in [0.15, 0.2) is 66.7 Å². The standard InChI is InChI=1S/C32H33F3O10/c1-38-23-13-11-19(15-25(23)40-3)28-22(17-44-29(36)20-12-14-24(39-2)26(16-20)41-4)27(18-43-28)45-30(37)31(42-5,32(33,34)35)21-9-7-6-8-10-21/h6-16,22,27-28H,17-18H2,1-5H3/t22-,27-,28-,31-/m1/s1. The number of esters is 2. The number of halogens is 3. The van der Waals surface area contributed by atoms with Crippen LogP contribution < -0.4 is 18.9 Å². The van der Waals surface area contributed by atoms with Gasteiger partial charge in [0.1, 0.15) is 12.7 Å². The van der Waals surface area contributed by atoms with E-state index in [1.807, 2.05) is 0 Å². The van der Waals surface area contributed by atoms with Gasteiger partial charge in [-0.05, 0) is 35.9 Å². The van der Waals surface area contributed by atoms with Crippen LogP contribution in [0.1, 0.15) is 27.6 Å². The monoisotopic (exact) mass is 634 g/mol. The van der Waals surface area contributed by atoms with Crippen molar-refractivity contribution in [3.63, 3.8) is 0 Å². The second-order valence-corrected chi connectivity index (χ2v) is 9.89. The Morgan fingerprint density at radius 3 is 1.98 bits per heavy atom. The van der Waals surface area contributed by atoms with Crippen LogP contribution in [0.25, 0.3) is 0 Å². The zero-order valence-electron chi connectivity index (χ0n) is 25.2. The Kier molecular flexibility index (Phi) is 10.5. The van der Waals surface area contributed by atoms with Crippen molar-refractivity contribution in [2.75, 3.05) is 48.8 Å². The summed E-state index contributed by atoms with van der Waals surface area (Å²) >= 11 is 0. The summed E-state index contributed by atoms with van der Waals surface area (Å²) in [4.78, 5) is 26.5. The SMILES string of the molecule is COc1ccc(C(=O)OC[C@H]2[C@@H](c3ccc(OC)c(OC)c3)OC[C@H]2OC(=O)[C@](OC)(c2ccccc2)C(F)(F)F)cc1OC. The van der Waals surface area contributed by atoms with Gasteiger partial charge in [0.15, 0.2) is 23.0 Å². The van der Waals surface area contributed by atoms with E-state index in [1.165, 1.54) is 64.8 Å².